The first-order chi connectivity index (χ1) is 16.1. The molecule has 33 heavy (non-hydrogen) atoms. The highest BCUT2D eigenvalue weighted by atomic mass is 16.5. The molecule has 1 amide bonds. The maximum absolute atomic E-state index is 13.3. The molecule has 7 heteroatoms. The van der Waals surface area contributed by atoms with Crippen LogP contribution in [0.15, 0.2) is 66.9 Å². The van der Waals surface area contributed by atoms with Crippen LogP contribution in [0, 0.1) is 0 Å². The van der Waals surface area contributed by atoms with Crippen molar-refractivity contribution in [2.24, 2.45) is 0 Å². The molecule has 1 saturated heterocycles. The lowest BCUT2D eigenvalue weighted by Crippen LogP contribution is -2.47. The van der Waals surface area contributed by atoms with E-state index in [0.717, 1.165) is 54.4 Å². The van der Waals surface area contributed by atoms with Gasteiger partial charge >= 0.3 is 0 Å². The van der Waals surface area contributed by atoms with E-state index >= 15 is 0 Å². The van der Waals surface area contributed by atoms with Gasteiger partial charge in [-0.25, -0.2) is 9.97 Å². The highest BCUT2D eigenvalue weighted by Gasteiger charge is 2.21. The molecule has 6 bridgehead atoms. The number of hydrogen-bond acceptors (Lipinski definition) is 6. The zero-order chi connectivity index (χ0) is 22.6. The lowest BCUT2D eigenvalue weighted by Gasteiger charge is -2.32. The summed E-state index contributed by atoms with van der Waals surface area (Å²) in [5.74, 6) is 1.34. The predicted molar refractivity (Wildman–Crippen MR) is 129 cm³/mol. The number of rotatable bonds is 1. The molecule has 2 aliphatic heterocycles. The topological polar surface area (TPSA) is 70.6 Å². The average molecular weight is 442 g/mol. The smallest absolute Gasteiger partial charge is 0.254 e. The van der Waals surface area contributed by atoms with Crippen LogP contribution in [0.5, 0.6) is 5.75 Å². The van der Waals surface area contributed by atoms with Crippen molar-refractivity contribution < 1.29 is 9.53 Å². The number of fused-ring (bicyclic) bond motifs is 7. The number of amides is 1. The van der Waals surface area contributed by atoms with Gasteiger partial charge in [-0.1, -0.05) is 24.3 Å². The number of piperazine rings is 1. The van der Waals surface area contributed by atoms with Crippen LogP contribution in [-0.4, -0.2) is 65.5 Å². The molecule has 5 rings (SSSR count). The van der Waals surface area contributed by atoms with Crippen LogP contribution in [0.25, 0.3) is 11.3 Å². The van der Waals surface area contributed by atoms with E-state index in [2.05, 4.69) is 33.3 Å². The van der Waals surface area contributed by atoms with E-state index in [1.54, 1.807) is 6.20 Å². The van der Waals surface area contributed by atoms with Gasteiger partial charge in [0.15, 0.2) is 0 Å². The monoisotopic (exact) mass is 441 g/mol. The molecule has 3 heterocycles. The maximum Gasteiger partial charge on any atom is 0.254 e. The molecule has 0 atom stereocenters. The quantitative estimate of drug-likeness (QED) is 0.580. The summed E-state index contributed by atoms with van der Waals surface area (Å²) in [5, 5.41) is 3.31. The second-order valence-corrected chi connectivity index (χ2v) is 8.42. The zero-order valence-electron chi connectivity index (χ0n) is 18.7. The van der Waals surface area contributed by atoms with Gasteiger partial charge in [0.25, 0.3) is 5.91 Å². The molecule has 2 aromatic carbocycles. The van der Waals surface area contributed by atoms with Gasteiger partial charge in [-0.2, -0.15) is 0 Å². The van der Waals surface area contributed by atoms with Crippen molar-refractivity contribution in [2.75, 3.05) is 45.2 Å². The molecule has 0 unspecified atom stereocenters. The van der Waals surface area contributed by atoms with Crippen LogP contribution in [0.4, 0.5) is 11.6 Å². The van der Waals surface area contributed by atoms with Crippen LogP contribution >= 0.6 is 0 Å². The predicted octanol–water partition coefficient (Wildman–Crippen LogP) is 3.77. The number of nitrogens with zero attached hydrogens (tertiary/aromatic N) is 4. The third-order valence-corrected chi connectivity index (χ3v) is 5.94. The van der Waals surface area contributed by atoms with E-state index in [-0.39, 0.29) is 5.91 Å². The third-order valence-electron chi connectivity index (χ3n) is 5.94. The Morgan fingerprint density at radius 1 is 1.03 bits per heavy atom. The summed E-state index contributed by atoms with van der Waals surface area (Å²) >= 11 is 0. The summed E-state index contributed by atoms with van der Waals surface area (Å²) in [6.45, 7) is 3.73. The average Bonchev–Trinajstić information content (AvgIpc) is 2.84. The van der Waals surface area contributed by atoms with Gasteiger partial charge in [0.05, 0.1) is 5.69 Å². The summed E-state index contributed by atoms with van der Waals surface area (Å²) in [6, 6.07) is 15.7. The molecule has 2 aliphatic rings. The summed E-state index contributed by atoms with van der Waals surface area (Å²) < 4.78 is 5.89. The van der Waals surface area contributed by atoms with Crippen LogP contribution in [-0.2, 0) is 6.42 Å². The number of carbonyl (C=O) groups excluding carboxylic acids is 1. The first-order valence-corrected chi connectivity index (χ1v) is 11.2. The number of nitrogens with one attached hydrogen (secondary N) is 1. The first kappa shape index (κ1) is 21.2. The molecule has 3 aromatic rings. The molecule has 1 N–H and O–H groups in total. The summed E-state index contributed by atoms with van der Waals surface area (Å²) in [6.07, 6.45) is 6.51. The van der Waals surface area contributed by atoms with Crippen molar-refractivity contribution >= 4 is 17.5 Å². The summed E-state index contributed by atoms with van der Waals surface area (Å²) in [5.41, 5.74) is 4.27. The van der Waals surface area contributed by atoms with Crippen LogP contribution in [0.1, 0.15) is 15.9 Å². The minimum Gasteiger partial charge on any atom is -0.490 e. The number of carbonyl (C=O) groups is 1. The van der Waals surface area contributed by atoms with E-state index in [9.17, 15) is 4.79 Å². The normalized spacial score (nSPS) is 17.2. The highest BCUT2D eigenvalue weighted by Crippen LogP contribution is 2.25. The van der Waals surface area contributed by atoms with E-state index in [1.807, 2.05) is 59.5 Å². The van der Waals surface area contributed by atoms with E-state index in [1.165, 1.54) is 0 Å². The Morgan fingerprint density at radius 2 is 1.91 bits per heavy atom. The lowest BCUT2D eigenvalue weighted by atomic mass is 10.0. The lowest BCUT2D eigenvalue weighted by molar-refractivity contribution is 0.0664. The first-order valence-electron chi connectivity index (χ1n) is 11.2. The number of ether oxygens (including phenoxy) is 1. The number of allylic oxidation sites excluding steroid dienone is 1. The molecular weight excluding hydrogens is 414 g/mol. The number of aromatic nitrogens is 2. The van der Waals surface area contributed by atoms with Gasteiger partial charge in [0, 0.05) is 49.2 Å². The Bertz CT molecular complexity index is 1180. The van der Waals surface area contributed by atoms with Crippen LogP contribution in [0.2, 0.25) is 0 Å². The Hall–Kier alpha value is -3.71. The second kappa shape index (κ2) is 9.42. The third kappa shape index (κ3) is 5.04. The summed E-state index contributed by atoms with van der Waals surface area (Å²) in [7, 11) is 2.09. The minimum atomic E-state index is 0.0592. The SMILES string of the molecule is CN1CCN(C(=O)c2cc3cc(c2)Nc2nccc(n2)-c2cccc(c2)OC/C=C/C3)CC1. The molecule has 7 nitrogen and oxygen atoms in total. The molecule has 0 aliphatic carbocycles. The van der Waals surface area contributed by atoms with Gasteiger partial charge in [-0.15, -0.1) is 0 Å². The highest BCUT2D eigenvalue weighted by molar-refractivity contribution is 5.95. The molecule has 168 valence electrons. The number of hydrogen-bond donors (Lipinski definition) is 1. The minimum absolute atomic E-state index is 0.0592. The largest absolute Gasteiger partial charge is 0.490 e. The number of benzene rings is 2. The zero-order valence-corrected chi connectivity index (χ0v) is 18.7. The molecule has 1 fully saturated rings. The number of anilines is 2. The van der Waals surface area contributed by atoms with Gasteiger partial charge in [-0.3, -0.25) is 4.79 Å². The molecule has 0 radical (unpaired) electrons. The van der Waals surface area contributed by atoms with Crippen molar-refractivity contribution in [3.63, 3.8) is 0 Å². The Kier molecular flexibility index (Phi) is 6.04. The standard InChI is InChI=1S/C26H27N5O2/c1-30-10-12-31(13-11-30)25(32)21-15-19-5-2-3-14-33-23-7-4-6-20(18-23)24-8-9-27-26(29-24)28-22(16-19)17-21/h2-4,6-9,15-18H,5,10-14H2,1H3,(H,27,28,29)/b3-2+. The molecular formula is C26H27N5O2. The van der Waals surface area contributed by atoms with Gasteiger partial charge in [0.2, 0.25) is 5.95 Å². The van der Waals surface area contributed by atoms with E-state index < -0.39 is 0 Å². The van der Waals surface area contributed by atoms with Gasteiger partial charge in [-0.05, 0) is 55.4 Å². The van der Waals surface area contributed by atoms with Gasteiger partial charge in [0.1, 0.15) is 12.4 Å². The van der Waals surface area contributed by atoms with Crippen molar-refractivity contribution in [3.05, 3.63) is 78.0 Å². The molecule has 1 aromatic heterocycles. The molecule has 0 spiro atoms. The van der Waals surface area contributed by atoms with Crippen molar-refractivity contribution in [2.45, 2.75) is 6.42 Å². The van der Waals surface area contributed by atoms with Crippen molar-refractivity contribution in [1.82, 2.24) is 19.8 Å². The summed E-state index contributed by atoms with van der Waals surface area (Å²) in [4.78, 5) is 26.5. The van der Waals surface area contributed by atoms with Crippen molar-refractivity contribution in [3.8, 4) is 17.0 Å². The second-order valence-electron chi connectivity index (χ2n) is 8.42. The molecule has 0 saturated carbocycles. The maximum atomic E-state index is 13.3. The van der Waals surface area contributed by atoms with E-state index in [0.29, 0.717) is 24.5 Å². The Balaban J connectivity index is 1.49. The fraction of sp³-hybridized carbons (Fsp3) is 0.269. The van der Waals surface area contributed by atoms with Crippen LogP contribution < -0.4 is 10.1 Å². The fourth-order valence-corrected chi connectivity index (χ4v) is 4.08. The fourth-order valence-electron chi connectivity index (χ4n) is 4.08. The Morgan fingerprint density at radius 3 is 2.79 bits per heavy atom. The van der Waals surface area contributed by atoms with Crippen molar-refractivity contribution in [1.29, 1.82) is 0 Å². The Labute approximate surface area is 193 Å². The van der Waals surface area contributed by atoms with E-state index in [4.69, 9.17) is 4.74 Å². The van der Waals surface area contributed by atoms with Gasteiger partial charge < -0.3 is 19.9 Å². The number of likely N-dealkylation sites (N-methyl/N-ethyl adjacent to an activating group) is 1. The van der Waals surface area contributed by atoms with Crippen LogP contribution in [0.3, 0.4) is 0 Å².